The van der Waals surface area contributed by atoms with Gasteiger partial charge in [0.05, 0.1) is 20.3 Å². The Bertz CT molecular complexity index is 270. The zero-order valence-electron chi connectivity index (χ0n) is 10.6. The van der Waals surface area contributed by atoms with Crippen LogP contribution in [-0.4, -0.2) is 37.4 Å². The molecule has 0 bridgehead atoms. The number of carbonyl (C=O) groups is 2. The van der Waals surface area contributed by atoms with E-state index in [0.717, 1.165) is 6.08 Å². The lowest BCUT2D eigenvalue weighted by atomic mass is 10.1. The third kappa shape index (κ3) is 10.7. The largest absolute Gasteiger partial charge is 0.466 e. The van der Waals surface area contributed by atoms with Gasteiger partial charge in [0, 0.05) is 18.1 Å². The Morgan fingerprint density at radius 1 is 1.35 bits per heavy atom. The highest BCUT2D eigenvalue weighted by Crippen LogP contribution is 2.06. The fourth-order valence-corrected chi connectivity index (χ4v) is 0.740. The lowest BCUT2D eigenvalue weighted by Crippen LogP contribution is -2.11. The molecule has 5 nitrogen and oxygen atoms in total. The third-order valence-corrected chi connectivity index (χ3v) is 1.80. The monoisotopic (exact) mass is 244 g/mol. The van der Waals surface area contributed by atoms with Gasteiger partial charge in [-0.05, 0) is 6.42 Å². The molecule has 0 fully saturated rings. The van der Waals surface area contributed by atoms with Crippen LogP contribution in [0.25, 0.3) is 0 Å². The fraction of sp³-hybridized carbons (Fsp3) is 0.500. The number of aliphatic hydroxyl groups is 1. The molecule has 0 saturated carbocycles. The van der Waals surface area contributed by atoms with Crippen LogP contribution in [0.3, 0.4) is 0 Å². The van der Waals surface area contributed by atoms with Crippen molar-refractivity contribution < 1.29 is 24.2 Å². The number of aliphatic hydroxyl groups excluding tert-OH is 1. The fourth-order valence-electron chi connectivity index (χ4n) is 0.740. The van der Waals surface area contributed by atoms with Gasteiger partial charge in [-0.2, -0.15) is 0 Å². The van der Waals surface area contributed by atoms with Gasteiger partial charge in [-0.3, -0.25) is 0 Å². The summed E-state index contributed by atoms with van der Waals surface area (Å²) in [4.78, 5) is 20.6. The second kappa shape index (κ2) is 10.9. The Balaban J connectivity index is 0. The van der Waals surface area contributed by atoms with Crippen molar-refractivity contribution in [3.8, 4) is 0 Å². The molecule has 0 heterocycles. The molecular formula is C12H20O5. The highest BCUT2D eigenvalue weighted by Gasteiger charge is 2.10. The highest BCUT2D eigenvalue weighted by atomic mass is 16.5. The van der Waals surface area contributed by atoms with E-state index in [1.165, 1.54) is 14.2 Å². The number of hydrogen-bond donors (Lipinski definition) is 1. The van der Waals surface area contributed by atoms with Crippen LogP contribution in [0.5, 0.6) is 0 Å². The van der Waals surface area contributed by atoms with Crippen LogP contribution in [0.4, 0.5) is 0 Å². The highest BCUT2D eigenvalue weighted by molar-refractivity contribution is 5.87. The zero-order chi connectivity index (χ0) is 13.8. The van der Waals surface area contributed by atoms with Crippen molar-refractivity contribution in [2.24, 2.45) is 0 Å². The van der Waals surface area contributed by atoms with E-state index in [1.807, 2.05) is 6.92 Å². The first-order valence-electron chi connectivity index (χ1n) is 5.07. The number of esters is 2. The van der Waals surface area contributed by atoms with Gasteiger partial charge in [0.15, 0.2) is 0 Å². The van der Waals surface area contributed by atoms with E-state index in [2.05, 4.69) is 22.6 Å². The maximum Gasteiger partial charge on any atom is 0.333 e. The van der Waals surface area contributed by atoms with Gasteiger partial charge in [0.25, 0.3) is 0 Å². The van der Waals surface area contributed by atoms with Crippen molar-refractivity contribution in [1.82, 2.24) is 0 Å². The summed E-state index contributed by atoms with van der Waals surface area (Å²) in [5.74, 6) is -0.840. The summed E-state index contributed by atoms with van der Waals surface area (Å²) >= 11 is 0. The molecule has 0 rings (SSSR count). The van der Waals surface area contributed by atoms with Crippen molar-refractivity contribution in [2.75, 3.05) is 14.2 Å². The molecule has 0 aliphatic carbocycles. The van der Waals surface area contributed by atoms with E-state index >= 15 is 0 Å². The normalized spacial score (nSPS) is 10.4. The first kappa shape index (κ1) is 17.8. The molecule has 98 valence electrons. The zero-order valence-corrected chi connectivity index (χ0v) is 10.6. The van der Waals surface area contributed by atoms with E-state index in [9.17, 15) is 9.59 Å². The van der Waals surface area contributed by atoms with Crippen LogP contribution in [0.15, 0.2) is 24.8 Å². The maximum absolute atomic E-state index is 10.7. The molecule has 17 heavy (non-hydrogen) atoms. The summed E-state index contributed by atoms with van der Waals surface area (Å²) in [6, 6.07) is 0. The van der Waals surface area contributed by atoms with Crippen LogP contribution in [0.1, 0.15) is 19.8 Å². The molecule has 0 aromatic rings. The second-order valence-corrected chi connectivity index (χ2v) is 3.09. The molecule has 1 N–H and O–H groups in total. The third-order valence-electron chi connectivity index (χ3n) is 1.80. The smallest absolute Gasteiger partial charge is 0.333 e. The minimum atomic E-state index is -0.485. The molecule has 0 amide bonds. The summed E-state index contributed by atoms with van der Waals surface area (Å²) < 4.78 is 8.55. The van der Waals surface area contributed by atoms with E-state index in [1.54, 1.807) is 0 Å². The van der Waals surface area contributed by atoms with Crippen LogP contribution in [-0.2, 0) is 19.1 Å². The molecule has 1 atom stereocenters. The molecule has 5 heteroatoms. The second-order valence-electron chi connectivity index (χ2n) is 3.09. The van der Waals surface area contributed by atoms with Gasteiger partial charge in [0.1, 0.15) is 0 Å². The van der Waals surface area contributed by atoms with Crippen molar-refractivity contribution in [3.63, 3.8) is 0 Å². The molecule has 0 aliphatic heterocycles. The predicted octanol–water partition coefficient (Wildman–Crippen LogP) is 1.22. The SMILES string of the molecule is C=C(CC(O)CC)C(=O)OC.C=CC(=O)OC. The van der Waals surface area contributed by atoms with Gasteiger partial charge >= 0.3 is 11.9 Å². The van der Waals surface area contributed by atoms with Crippen LogP contribution in [0, 0.1) is 0 Å². The molecule has 0 aromatic heterocycles. The van der Waals surface area contributed by atoms with Crippen molar-refractivity contribution in [2.45, 2.75) is 25.9 Å². The summed E-state index contributed by atoms with van der Waals surface area (Å²) in [6.45, 7) is 8.48. The van der Waals surface area contributed by atoms with Gasteiger partial charge in [-0.25, -0.2) is 9.59 Å². The molecule has 0 aliphatic rings. The Labute approximate surface area is 102 Å². The van der Waals surface area contributed by atoms with Gasteiger partial charge < -0.3 is 14.6 Å². The average Bonchev–Trinajstić information content (AvgIpc) is 2.36. The summed E-state index contributed by atoms with van der Waals surface area (Å²) in [5, 5.41) is 9.10. The van der Waals surface area contributed by atoms with E-state index in [4.69, 9.17) is 5.11 Å². The molecule has 0 aromatic carbocycles. The van der Waals surface area contributed by atoms with E-state index < -0.39 is 18.0 Å². The van der Waals surface area contributed by atoms with Gasteiger partial charge in [-0.1, -0.05) is 20.1 Å². The molecule has 0 saturated heterocycles. The predicted molar refractivity (Wildman–Crippen MR) is 64.3 cm³/mol. The maximum atomic E-state index is 10.7. The van der Waals surface area contributed by atoms with Gasteiger partial charge in [-0.15, -0.1) is 0 Å². The molecular weight excluding hydrogens is 224 g/mol. The number of ether oxygens (including phenoxy) is 2. The topological polar surface area (TPSA) is 72.8 Å². The minimum Gasteiger partial charge on any atom is -0.466 e. The lowest BCUT2D eigenvalue weighted by Gasteiger charge is -2.07. The van der Waals surface area contributed by atoms with Crippen molar-refractivity contribution >= 4 is 11.9 Å². The number of rotatable bonds is 5. The number of methoxy groups -OCH3 is 2. The Morgan fingerprint density at radius 2 is 1.88 bits per heavy atom. The average molecular weight is 244 g/mol. The quantitative estimate of drug-likeness (QED) is 0.581. The number of hydrogen-bond acceptors (Lipinski definition) is 5. The number of carbonyl (C=O) groups excluding carboxylic acids is 2. The molecule has 1 unspecified atom stereocenters. The Morgan fingerprint density at radius 3 is 2.12 bits per heavy atom. The van der Waals surface area contributed by atoms with Crippen LogP contribution in [0.2, 0.25) is 0 Å². The Kier molecular flexibility index (Phi) is 11.4. The first-order chi connectivity index (χ1) is 7.92. The van der Waals surface area contributed by atoms with Crippen LogP contribution >= 0.6 is 0 Å². The van der Waals surface area contributed by atoms with Crippen molar-refractivity contribution in [1.29, 1.82) is 0 Å². The molecule has 0 radical (unpaired) electrons. The van der Waals surface area contributed by atoms with Gasteiger partial charge in [0.2, 0.25) is 0 Å². The van der Waals surface area contributed by atoms with E-state index in [0.29, 0.717) is 18.4 Å². The summed E-state index contributed by atoms with van der Waals surface area (Å²) in [5.41, 5.74) is 0.321. The first-order valence-corrected chi connectivity index (χ1v) is 5.07. The lowest BCUT2D eigenvalue weighted by molar-refractivity contribution is -0.136. The Hall–Kier alpha value is -1.62. The van der Waals surface area contributed by atoms with Crippen molar-refractivity contribution in [3.05, 3.63) is 24.8 Å². The van der Waals surface area contributed by atoms with E-state index in [-0.39, 0.29) is 0 Å². The standard InChI is InChI=1S/C8H14O3.C4H6O2/c1-4-7(9)5-6(2)8(10)11-3;1-3-4(5)6-2/h7,9H,2,4-5H2,1,3H3;3H,1H2,2H3. The molecule has 0 spiro atoms. The summed E-state index contributed by atoms with van der Waals surface area (Å²) in [6.07, 6.45) is 1.54. The minimum absolute atomic E-state index is 0.295. The summed E-state index contributed by atoms with van der Waals surface area (Å²) in [7, 11) is 2.61. The van der Waals surface area contributed by atoms with Crippen LogP contribution < -0.4 is 0 Å².